The van der Waals surface area contributed by atoms with Crippen LogP contribution in [0.4, 0.5) is 0 Å². The second kappa shape index (κ2) is 6.56. The molecule has 0 saturated carbocycles. The smallest absolute Gasteiger partial charge is 0.331 e. The Balaban J connectivity index is 2.26. The molecule has 0 radical (unpaired) electrons. The number of methoxy groups -OCH3 is 1. The van der Waals surface area contributed by atoms with Gasteiger partial charge in [-0.25, -0.2) is 4.79 Å². The molecule has 0 aromatic rings. The van der Waals surface area contributed by atoms with Crippen LogP contribution >= 0.6 is 0 Å². The number of piperidine rings is 1. The predicted molar refractivity (Wildman–Crippen MR) is 61.2 cm³/mol. The summed E-state index contributed by atoms with van der Waals surface area (Å²) in [5.74, 6) is -0.407. The number of amides is 1. The molecular weight excluding hydrogens is 224 g/mol. The zero-order chi connectivity index (χ0) is 12.8. The van der Waals surface area contributed by atoms with Crippen LogP contribution in [0.25, 0.3) is 0 Å². The van der Waals surface area contributed by atoms with Crippen LogP contribution in [0.2, 0.25) is 0 Å². The van der Waals surface area contributed by atoms with E-state index in [1.165, 1.54) is 7.11 Å². The third-order valence-electron chi connectivity index (χ3n) is 2.81. The number of carbonyl (C=O) groups excluding carboxylic acids is 2. The minimum absolute atomic E-state index is 0.0197. The van der Waals surface area contributed by atoms with E-state index in [-0.39, 0.29) is 24.6 Å². The molecule has 6 nitrogen and oxygen atoms in total. The molecule has 1 amide bonds. The van der Waals surface area contributed by atoms with E-state index >= 15 is 0 Å². The molecule has 1 rings (SSSR count). The summed E-state index contributed by atoms with van der Waals surface area (Å²) < 4.78 is 9.87. The van der Waals surface area contributed by atoms with E-state index in [4.69, 9.17) is 10.5 Å². The van der Waals surface area contributed by atoms with Gasteiger partial charge in [0.15, 0.2) is 0 Å². The molecule has 0 unspecified atom stereocenters. The minimum Gasteiger partial charge on any atom is -0.467 e. The zero-order valence-electron chi connectivity index (χ0n) is 10.3. The maximum Gasteiger partial charge on any atom is 0.331 e. The molecule has 0 aromatic heterocycles. The van der Waals surface area contributed by atoms with Crippen molar-refractivity contribution in [2.24, 2.45) is 5.73 Å². The number of rotatable bonds is 4. The topological polar surface area (TPSA) is 81.9 Å². The van der Waals surface area contributed by atoms with Crippen molar-refractivity contribution in [1.82, 2.24) is 4.90 Å². The van der Waals surface area contributed by atoms with E-state index in [0.29, 0.717) is 13.1 Å². The average molecular weight is 244 g/mol. The van der Waals surface area contributed by atoms with Gasteiger partial charge >= 0.3 is 5.97 Å². The maximum atomic E-state index is 11.6. The summed E-state index contributed by atoms with van der Waals surface area (Å²) in [5.41, 5.74) is 5.53. The lowest BCUT2D eigenvalue weighted by molar-refractivity contribution is -0.150. The maximum absolute atomic E-state index is 11.6. The number of likely N-dealkylation sites (tertiary alicyclic amines) is 1. The Morgan fingerprint density at radius 3 is 2.47 bits per heavy atom. The van der Waals surface area contributed by atoms with Gasteiger partial charge in [0.2, 0.25) is 5.91 Å². The molecule has 0 aliphatic carbocycles. The van der Waals surface area contributed by atoms with Crippen LogP contribution in [0, 0.1) is 0 Å². The Bertz CT molecular complexity index is 273. The highest BCUT2D eigenvalue weighted by Gasteiger charge is 2.25. The van der Waals surface area contributed by atoms with Gasteiger partial charge in [-0.05, 0) is 19.8 Å². The summed E-state index contributed by atoms with van der Waals surface area (Å²) in [7, 11) is 1.33. The van der Waals surface area contributed by atoms with E-state index in [1.807, 2.05) is 0 Å². The Hall–Kier alpha value is -1.14. The molecule has 0 aromatic carbocycles. The highest BCUT2D eigenvalue weighted by Crippen LogP contribution is 2.14. The molecule has 1 saturated heterocycles. The van der Waals surface area contributed by atoms with Gasteiger partial charge < -0.3 is 20.1 Å². The van der Waals surface area contributed by atoms with Gasteiger partial charge in [-0.2, -0.15) is 0 Å². The van der Waals surface area contributed by atoms with Crippen molar-refractivity contribution in [3.8, 4) is 0 Å². The highest BCUT2D eigenvalue weighted by atomic mass is 16.6. The Morgan fingerprint density at radius 1 is 1.41 bits per heavy atom. The van der Waals surface area contributed by atoms with Crippen molar-refractivity contribution in [1.29, 1.82) is 0 Å². The van der Waals surface area contributed by atoms with Crippen molar-refractivity contribution in [3.63, 3.8) is 0 Å². The van der Waals surface area contributed by atoms with E-state index < -0.39 is 6.04 Å². The van der Waals surface area contributed by atoms with Gasteiger partial charge in [0, 0.05) is 13.1 Å². The molecule has 98 valence electrons. The first-order chi connectivity index (χ1) is 8.04. The summed E-state index contributed by atoms with van der Waals surface area (Å²) in [4.78, 5) is 24.2. The molecule has 2 N–H and O–H groups in total. The minimum atomic E-state index is -0.456. The van der Waals surface area contributed by atoms with Crippen LogP contribution in [0.15, 0.2) is 0 Å². The summed E-state index contributed by atoms with van der Waals surface area (Å²) in [6.45, 7) is 2.92. The molecule has 1 fully saturated rings. The fourth-order valence-electron chi connectivity index (χ4n) is 1.78. The lowest BCUT2D eigenvalue weighted by Crippen LogP contribution is -2.47. The Kier molecular flexibility index (Phi) is 5.37. The zero-order valence-corrected chi connectivity index (χ0v) is 10.3. The van der Waals surface area contributed by atoms with Gasteiger partial charge in [0.25, 0.3) is 0 Å². The Morgan fingerprint density at radius 2 is 2.00 bits per heavy atom. The van der Waals surface area contributed by atoms with Crippen LogP contribution in [0.1, 0.15) is 19.8 Å². The quantitative estimate of drug-likeness (QED) is 0.675. The SMILES string of the molecule is COC(=O)COC1CCN(C(=O)[C@H](C)N)CC1. The van der Waals surface area contributed by atoms with Crippen LogP contribution in [-0.4, -0.2) is 55.7 Å². The van der Waals surface area contributed by atoms with Gasteiger partial charge in [-0.15, -0.1) is 0 Å². The number of esters is 1. The van der Waals surface area contributed by atoms with Crippen LogP contribution in [-0.2, 0) is 19.1 Å². The van der Waals surface area contributed by atoms with Crippen LogP contribution in [0.5, 0.6) is 0 Å². The first kappa shape index (κ1) is 13.9. The summed E-state index contributed by atoms with van der Waals surface area (Å²) >= 11 is 0. The standard InChI is InChI=1S/C11H20N2O4/c1-8(12)11(15)13-5-3-9(4-6-13)17-7-10(14)16-2/h8-9H,3-7,12H2,1-2H3/t8-/m0/s1. The molecule has 1 atom stereocenters. The highest BCUT2D eigenvalue weighted by molar-refractivity contribution is 5.81. The monoisotopic (exact) mass is 244 g/mol. The van der Waals surface area contributed by atoms with Gasteiger partial charge in [-0.1, -0.05) is 0 Å². The van der Waals surface area contributed by atoms with Gasteiger partial charge in [0.1, 0.15) is 6.61 Å². The molecule has 17 heavy (non-hydrogen) atoms. The fraction of sp³-hybridized carbons (Fsp3) is 0.818. The number of nitrogens with zero attached hydrogens (tertiary/aromatic N) is 1. The van der Waals surface area contributed by atoms with Crippen LogP contribution in [0.3, 0.4) is 0 Å². The Labute approximate surface area is 101 Å². The lowest BCUT2D eigenvalue weighted by Gasteiger charge is -2.32. The summed E-state index contributed by atoms with van der Waals surface area (Å²) in [6, 6.07) is -0.456. The number of hydrogen-bond acceptors (Lipinski definition) is 5. The molecule has 1 aliphatic rings. The molecule has 1 heterocycles. The number of hydrogen-bond donors (Lipinski definition) is 1. The predicted octanol–water partition coefficient (Wildman–Crippen LogP) is -0.486. The number of ether oxygens (including phenoxy) is 2. The molecule has 0 spiro atoms. The van der Waals surface area contributed by atoms with E-state index in [2.05, 4.69) is 4.74 Å². The number of nitrogens with two attached hydrogens (primary N) is 1. The average Bonchev–Trinajstić information content (AvgIpc) is 2.35. The van der Waals surface area contributed by atoms with Crippen LogP contribution < -0.4 is 5.73 Å². The third kappa shape index (κ3) is 4.32. The molecule has 1 aliphatic heterocycles. The van der Waals surface area contributed by atoms with Gasteiger partial charge in [-0.3, -0.25) is 4.79 Å². The second-order valence-corrected chi connectivity index (χ2v) is 4.20. The normalized spacial score (nSPS) is 18.9. The third-order valence-corrected chi connectivity index (χ3v) is 2.81. The largest absolute Gasteiger partial charge is 0.467 e. The number of carbonyl (C=O) groups is 2. The summed E-state index contributed by atoms with van der Waals surface area (Å²) in [5, 5.41) is 0. The second-order valence-electron chi connectivity index (χ2n) is 4.20. The van der Waals surface area contributed by atoms with Gasteiger partial charge in [0.05, 0.1) is 19.3 Å². The first-order valence-electron chi connectivity index (χ1n) is 5.77. The van der Waals surface area contributed by atoms with Crippen molar-refractivity contribution in [2.45, 2.75) is 31.9 Å². The molecule has 6 heteroatoms. The fourth-order valence-corrected chi connectivity index (χ4v) is 1.78. The van der Waals surface area contributed by atoms with Crippen molar-refractivity contribution in [2.75, 3.05) is 26.8 Å². The van der Waals surface area contributed by atoms with E-state index in [0.717, 1.165) is 12.8 Å². The van der Waals surface area contributed by atoms with E-state index in [1.54, 1.807) is 11.8 Å². The van der Waals surface area contributed by atoms with Crippen molar-refractivity contribution >= 4 is 11.9 Å². The molecule has 0 bridgehead atoms. The van der Waals surface area contributed by atoms with E-state index in [9.17, 15) is 9.59 Å². The van der Waals surface area contributed by atoms with Crippen molar-refractivity contribution in [3.05, 3.63) is 0 Å². The molecular formula is C11H20N2O4. The summed E-state index contributed by atoms with van der Waals surface area (Å²) in [6.07, 6.45) is 1.48. The van der Waals surface area contributed by atoms with Crippen molar-refractivity contribution < 1.29 is 19.1 Å². The first-order valence-corrected chi connectivity index (χ1v) is 5.77. The lowest BCUT2D eigenvalue weighted by atomic mass is 10.1.